The molecule has 24 heavy (non-hydrogen) atoms. The van der Waals surface area contributed by atoms with E-state index in [1.54, 1.807) is 18.2 Å². The molecule has 0 atom stereocenters. The van der Waals surface area contributed by atoms with Gasteiger partial charge in [0.2, 0.25) is 0 Å². The molecule has 1 aromatic heterocycles. The highest BCUT2D eigenvalue weighted by Crippen LogP contribution is 2.24. The van der Waals surface area contributed by atoms with Crippen LogP contribution in [0.15, 0.2) is 72.1 Å². The summed E-state index contributed by atoms with van der Waals surface area (Å²) in [5, 5.41) is 22.6. The van der Waals surface area contributed by atoms with Gasteiger partial charge in [-0.05, 0) is 48.0 Å². The molecule has 0 radical (unpaired) electrons. The lowest BCUT2D eigenvalue weighted by atomic mass is 10.1. The number of phenolic OH excluding ortho intramolecular Hbond substituents is 2. The molecule has 3 N–H and O–H groups in total. The molecule has 6 nitrogen and oxygen atoms in total. The van der Waals surface area contributed by atoms with Crippen LogP contribution in [0, 0.1) is 0 Å². The zero-order valence-corrected chi connectivity index (χ0v) is 12.6. The maximum Gasteiger partial charge on any atom is 0.273 e. The predicted octanol–water partition coefficient (Wildman–Crippen LogP) is 2.65. The second-order valence-corrected chi connectivity index (χ2v) is 5.05. The third kappa shape index (κ3) is 3.27. The van der Waals surface area contributed by atoms with E-state index < -0.39 is 0 Å². The fourth-order valence-electron chi connectivity index (χ4n) is 2.23. The van der Waals surface area contributed by atoms with E-state index in [9.17, 15) is 15.0 Å². The number of hydrogen-bond donors (Lipinski definition) is 3. The molecule has 3 rings (SSSR count). The molecule has 6 heteroatoms. The van der Waals surface area contributed by atoms with Crippen molar-refractivity contribution in [2.24, 2.45) is 5.10 Å². The minimum Gasteiger partial charge on any atom is -0.504 e. The third-order valence-electron chi connectivity index (χ3n) is 3.41. The quantitative estimate of drug-likeness (QED) is 0.392. The number of hydrazone groups is 1. The van der Waals surface area contributed by atoms with Gasteiger partial charge in [0, 0.05) is 12.4 Å². The number of hydrogen-bond acceptors (Lipinski definition) is 4. The molecule has 0 saturated carbocycles. The monoisotopic (exact) mass is 321 g/mol. The smallest absolute Gasteiger partial charge is 0.273 e. The fraction of sp³-hybridized carbons (Fsp3) is 0. The van der Waals surface area contributed by atoms with Crippen LogP contribution in [-0.2, 0) is 0 Å². The van der Waals surface area contributed by atoms with Crippen molar-refractivity contribution in [3.05, 3.63) is 78.1 Å². The molecule has 2 aromatic carbocycles. The number of rotatable bonds is 4. The highest BCUT2D eigenvalue weighted by Gasteiger charge is 2.10. The van der Waals surface area contributed by atoms with Gasteiger partial charge >= 0.3 is 0 Å². The van der Waals surface area contributed by atoms with Gasteiger partial charge in [0.05, 0.1) is 17.5 Å². The van der Waals surface area contributed by atoms with Crippen LogP contribution < -0.4 is 5.43 Å². The van der Waals surface area contributed by atoms with Crippen molar-refractivity contribution < 1.29 is 15.0 Å². The van der Waals surface area contributed by atoms with E-state index >= 15 is 0 Å². The first kappa shape index (κ1) is 15.4. The van der Waals surface area contributed by atoms with E-state index in [0.717, 1.165) is 5.69 Å². The Bertz CT molecular complexity index is 886. The van der Waals surface area contributed by atoms with Crippen LogP contribution in [0.25, 0.3) is 5.69 Å². The molecule has 1 heterocycles. The summed E-state index contributed by atoms with van der Waals surface area (Å²) >= 11 is 0. The lowest BCUT2D eigenvalue weighted by Crippen LogP contribution is -2.19. The maximum atomic E-state index is 12.3. The molecule has 0 fully saturated rings. The summed E-state index contributed by atoms with van der Waals surface area (Å²) in [6, 6.07) is 15.2. The number of aromatic nitrogens is 1. The molecule has 0 aliphatic heterocycles. The number of carbonyl (C=O) groups is 1. The third-order valence-corrected chi connectivity index (χ3v) is 3.41. The van der Waals surface area contributed by atoms with Gasteiger partial charge in [-0.15, -0.1) is 0 Å². The average molecular weight is 321 g/mol. The molecule has 0 aliphatic rings. The summed E-state index contributed by atoms with van der Waals surface area (Å²) in [7, 11) is 0. The molecule has 1 amide bonds. The molecule has 0 bridgehead atoms. The summed E-state index contributed by atoms with van der Waals surface area (Å²) in [4.78, 5) is 12.3. The van der Waals surface area contributed by atoms with Crippen LogP contribution in [0.2, 0.25) is 0 Å². The van der Waals surface area contributed by atoms with Crippen LogP contribution in [0.5, 0.6) is 11.5 Å². The summed E-state index contributed by atoms with van der Waals surface area (Å²) in [5.41, 5.74) is 4.24. The van der Waals surface area contributed by atoms with E-state index in [1.165, 1.54) is 18.3 Å². The Labute approximate surface area is 138 Å². The standard InChI is InChI=1S/C18H15N3O3/c22-16-8-7-13(11-17(16)23)12-19-20-18(24)14-5-1-2-6-15(14)21-9-3-4-10-21/h1-12,22-23H,(H,20,24)/b19-12-. The SMILES string of the molecule is O=C(N/N=C\c1ccc(O)c(O)c1)c1ccccc1-n1cccc1. The Morgan fingerprint density at radius 3 is 2.50 bits per heavy atom. The highest BCUT2D eigenvalue weighted by molar-refractivity contribution is 5.98. The molecule has 0 spiro atoms. The van der Waals surface area contributed by atoms with Gasteiger partial charge in [-0.3, -0.25) is 4.79 Å². The van der Waals surface area contributed by atoms with Crippen molar-refractivity contribution >= 4 is 12.1 Å². The van der Waals surface area contributed by atoms with Gasteiger partial charge in [0.1, 0.15) is 0 Å². The summed E-state index contributed by atoms with van der Waals surface area (Å²) in [6.07, 6.45) is 5.10. The van der Waals surface area contributed by atoms with Crippen molar-refractivity contribution in [1.82, 2.24) is 9.99 Å². The van der Waals surface area contributed by atoms with Crippen LogP contribution in [0.4, 0.5) is 0 Å². The van der Waals surface area contributed by atoms with Crippen molar-refractivity contribution in [3.8, 4) is 17.2 Å². The average Bonchev–Trinajstić information content (AvgIpc) is 3.12. The first-order valence-corrected chi connectivity index (χ1v) is 7.23. The first-order chi connectivity index (χ1) is 11.6. The Hall–Kier alpha value is -3.54. The minimum absolute atomic E-state index is 0.211. The van der Waals surface area contributed by atoms with Gasteiger partial charge in [0.25, 0.3) is 5.91 Å². The second kappa shape index (κ2) is 6.70. The Kier molecular flexibility index (Phi) is 4.29. The zero-order chi connectivity index (χ0) is 16.9. The molecular weight excluding hydrogens is 306 g/mol. The van der Waals surface area contributed by atoms with Gasteiger partial charge in [-0.2, -0.15) is 5.10 Å². The van der Waals surface area contributed by atoms with Gasteiger partial charge < -0.3 is 14.8 Å². The molecule has 0 unspecified atom stereocenters. The summed E-state index contributed by atoms with van der Waals surface area (Å²) in [5.74, 6) is -0.807. The summed E-state index contributed by atoms with van der Waals surface area (Å²) in [6.45, 7) is 0. The molecule has 3 aromatic rings. The lowest BCUT2D eigenvalue weighted by molar-refractivity contribution is 0.0955. The van der Waals surface area contributed by atoms with Crippen molar-refractivity contribution in [2.75, 3.05) is 0 Å². The Morgan fingerprint density at radius 2 is 1.75 bits per heavy atom. The number of carbonyl (C=O) groups excluding carboxylic acids is 1. The van der Waals surface area contributed by atoms with Crippen molar-refractivity contribution in [1.29, 1.82) is 0 Å². The first-order valence-electron chi connectivity index (χ1n) is 7.23. The number of phenols is 2. The van der Waals surface area contributed by atoms with Crippen LogP contribution in [0.1, 0.15) is 15.9 Å². The van der Waals surface area contributed by atoms with E-state index in [2.05, 4.69) is 10.5 Å². The lowest BCUT2D eigenvalue weighted by Gasteiger charge is -2.09. The van der Waals surface area contributed by atoms with Crippen LogP contribution in [-0.4, -0.2) is 26.9 Å². The topological polar surface area (TPSA) is 86.8 Å². The predicted molar refractivity (Wildman–Crippen MR) is 90.6 cm³/mol. The Morgan fingerprint density at radius 1 is 1.00 bits per heavy atom. The summed E-state index contributed by atoms with van der Waals surface area (Å²) < 4.78 is 1.84. The number of nitrogens with zero attached hydrogens (tertiary/aromatic N) is 2. The van der Waals surface area contributed by atoms with Crippen molar-refractivity contribution in [3.63, 3.8) is 0 Å². The van der Waals surface area contributed by atoms with E-state index in [1.807, 2.05) is 41.2 Å². The number of benzene rings is 2. The van der Waals surface area contributed by atoms with Crippen LogP contribution >= 0.6 is 0 Å². The zero-order valence-electron chi connectivity index (χ0n) is 12.6. The van der Waals surface area contributed by atoms with E-state index in [-0.39, 0.29) is 17.4 Å². The molecule has 120 valence electrons. The van der Waals surface area contributed by atoms with Crippen molar-refractivity contribution in [2.45, 2.75) is 0 Å². The van der Waals surface area contributed by atoms with Gasteiger partial charge in [-0.25, -0.2) is 5.43 Å². The number of aromatic hydroxyl groups is 2. The van der Waals surface area contributed by atoms with Gasteiger partial charge in [0.15, 0.2) is 11.5 Å². The minimum atomic E-state index is -0.349. The van der Waals surface area contributed by atoms with Crippen LogP contribution in [0.3, 0.4) is 0 Å². The fourth-order valence-corrected chi connectivity index (χ4v) is 2.23. The molecule has 0 saturated heterocycles. The molecule has 0 aliphatic carbocycles. The number of amides is 1. The van der Waals surface area contributed by atoms with E-state index in [0.29, 0.717) is 11.1 Å². The number of para-hydroxylation sites is 1. The highest BCUT2D eigenvalue weighted by atomic mass is 16.3. The molecular formula is C18H15N3O3. The number of nitrogens with one attached hydrogen (secondary N) is 1. The normalized spacial score (nSPS) is 10.8. The second-order valence-electron chi connectivity index (χ2n) is 5.05. The van der Waals surface area contributed by atoms with Gasteiger partial charge in [-0.1, -0.05) is 12.1 Å². The largest absolute Gasteiger partial charge is 0.504 e. The maximum absolute atomic E-state index is 12.3. The van der Waals surface area contributed by atoms with E-state index in [4.69, 9.17) is 0 Å². The Balaban J connectivity index is 1.76.